The lowest BCUT2D eigenvalue weighted by Gasteiger charge is -2.37. The highest BCUT2D eigenvalue weighted by molar-refractivity contribution is 7.86. The molecule has 0 bridgehead atoms. The number of benzene rings is 1. The van der Waals surface area contributed by atoms with E-state index in [1.165, 1.54) is 40.1 Å². The minimum Gasteiger partial charge on any atom is -0.502 e. The summed E-state index contributed by atoms with van der Waals surface area (Å²) in [7, 11) is 0.670. The van der Waals surface area contributed by atoms with Gasteiger partial charge in [-0.15, -0.1) is 0 Å². The Bertz CT molecular complexity index is 968. The molecule has 1 aromatic rings. The van der Waals surface area contributed by atoms with Gasteiger partial charge in [-0.1, -0.05) is 44.2 Å². The van der Waals surface area contributed by atoms with E-state index in [1.54, 1.807) is 6.26 Å². The van der Waals surface area contributed by atoms with Crippen LogP contribution >= 0.6 is 0 Å². The minimum atomic E-state index is -3.68. The molecule has 1 aromatic carbocycles. The first kappa shape index (κ1) is 24.7. The van der Waals surface area contributed by atoms with Gasteiger partial charge in [0.25, 0.3) is 0 Å². The van der Waals surface area contributed by atoms with Crippen LogP contribution in [0.25, 0.3) is 5.57 Å². The van der Waals surface area contributed by atoms with Gasteiger partial charge in [0.2, 0.25) is 0 Å². The molecule has 1 N–H and O–H groups in total. The lowest BCUT2D eigenvalue weighted by molar-refractivity contribution is -0.132. The van der Waals surface area contributed by atoms with E-state index in [4.69, 9.17) is 4.74 Å². The van der Waals surface area contributed by atoms with Crippen LogP contribution < -0.4 is 0 Å². The first-order valence-corrected chi connectivity index (χ1v) is 11.5. The average molecular weight is 449 g/mol. The lowest BCUT2D eigenvalue weighted by atomic mass is 9.71. The summed E-state index contributed by atoms with van der Waals surface area (Å²) in [5, 5.41) is 9.73. The molecule has 1 aliphatic heterocycles. The van der Waals surface area contributed by atoms with E-state index in [1.807, 2.05) is 50.3 Å². The predicted molar refractivity (Wildman–Crippen MR) is 122 cm³/mol. The Labute approximate surface area is 185 Å². The van der Waals surface area contributed by atoms with Crippen molar-refractivity contribution in [3.8, 4) is 0 Å². The van der Waals surface area contributed by atoms with Crippen LogP contribution in [0.5, 0.6) is 0 Å². The van der Waals surface area contributed by atoms with Gasteiger partial charge in [-0.2, -0.15) is 12.7 Å². The molecule has 8 heteroatoms. The maximum Gasteiger partial charge on any atom is 0.336 e. The van der Waals surface area contributed by atoms with Gasteiger partial charge in [-0.05, 0) is 48.0 Å². The normalized spacial score (nSPS) is 17.9. The van der Waals surface area contributed by atoms with E-state index in [9.17, 15) is 18.3 Å². The SMILES string of the molecule is C1=COCCC1.CN(C)S(=O)(=O)N(C)C1=CC(C(=O)O)=C(c2ccccc2)C(C)(C)C1. The minimum absolute atomic E-state index is 0.123. The number of hydrogen-bond acceptors (Lipinski definition) is 4. The molecular formula is C23H32N2O5S. The van der Waals surface area contributed by atoms with Crippen molar-refractivity contribution in [2.24, 2.45) is 5.41 Å². The molecule has 0 saturated heterocycles. The van der Waals surface area contributed by atoms with Crippen LogP contribution in [0.4, 0.5) is 0 Å². The molecule has 0 aromatic heterocycles. The second-order valence-electron chi connectivity index (χ2n) is 8.30. The molecule has 0 unspecified atom stereocenters. The topological polar surface area (TPSA) is 87.2 Å². The van der Waals surface area contributed by atoms with Crippen LogP contribution in [-0.4, -0.2) is 55.9 Å². The Morgan fingerprint density at radius 1 is 1.13 bits per heavy atom. The van der Waals surface area contributed by atoms with Gasteiger partial charge in [0, 0.05) is 26.8 Å². The van der Waals surface area contributed by atoms with Gasteiger partial charge in [0.15, 0.2) is 0 Å². The largest absolute Gasteiger partial charge is 0.502 e. The second kappa shape index (κ2) is 10.2. The van der Waals surface area contributed by atoms with Crippen LogP contribution in [-0.2, 0) is 19.7 Å². The monoisotopic (exact) mass is 448 g/mol. The van der Waals surface area contributed by atoms with Crippen molar-refractivity contribution < 1.29 is 23.1 Å². The molecule has 0 amide bonds. The van der Waals surface area contributed by atoms with Crippen molar-refractivity contribution in [2.45, 2.75) is 33.1 Å². The summed E-state index contributed by atoms with van der Waals surface area (Å²) in [5.41, 5.74) is 1.59. The smallest absolute Gasteiger partial charge is 0.336 e. The fraction of sp³-hybridized carbons (Fsp3) is 0.435. The number of allylic oxidation sites excluding steroid dienone is 3. The standard InChI is InChI=1S/C18H24N2O4S.C5H8O/c1-18(2)12-14(20(5)25(23,24)19(3)4)11-15(17(21)22)16(18)13-9-7-6-8-10-13;1-2-4-6-5-3-1/h6-11H,12H2,1-5H3,(H,21,22);2,4H,1,3,5H2. The van der Waals surface area contributed by atoms with Gasteiger partial charge in [-0.25, -0.2) is 4.79 Å². The average Bonchev–Trinajstić information content (AvgIpc) is 2.74. The molecule has 1 heterocycles. The van der Waals surface area contributed by atoms with Crippen molar-refractivity contribution in [3.05, 3.63) is 65.6 Å². The summed E-state index contributed by atoms with van der Waals surface area (Å²) >= 11 is 0. The fourth-order valence-electron chi connectivity index (χ4n) is 3.60. The molecule has 0 fully saturated rings. The quantitative estimate of drug-likeness (QED) is 0.738. The highest BCUT2D eigenvalue weighted by Crippen LogP contribution is 2.46. The third kappa shape index (κ3) is 5.98. The van der Waals surface area contributed by atoms with E-state index >= 15 is 0 Å². The number of hydrogen-bond donors (Lipinski definition) is 1. The Morgan fingerprint density at radius 2 is 1.77 bits per heavy atom. The number of carboxylic acid groups (broad SMARTS) is 1. The maximum atomic E-state index is 12.4. The highest BCUT2D eigenvalue weighted by atomic mass is 32.2. The lowest BCUT2D eigenvalue weighted by Crippen LogP contribution is -2.39. The zero-order chi connectivity index (χ0) is 23.2. The van der Waals surface area contributed by atoms with Crippen LogP contribution in [0.2, 0.25) is 0 Å². The summed E-state index contributed by atoms with van der Waals surface area (Å²) in [6.07, 6.45) is 8.08. The first-order valence-electron chi connectivity index (χ1n) is 10.2. The van der Waals surface area contributed by atoms with Crippen molar-refractivity contribution in [1.82, 2.24) is 8.61 Å². The summed E-state index contributed by atoms with van der Waals surface area (Å²) in [6, 6.07) is 9.34. The molecule has 0 radical (unpaired) electrons. The van der Waals surface area contributed by atoms with E-state index in [-0.39, 0.29) is 5.57 Å². The van der Waals surface area contributed by atoms with Gasteiger partial charge in [0.1, 0.15) is 0 Å². The van der Waals surface area contributed by atoms with Gasteiger partial charge in [-0.3, -0.25) is 4.31 Å². The van der Waals surface area contributed by atoms with Crippen molar-refractivity contribution in [2.75, 3.05) is 27.7 Å². The van der Waals surface area contributed by atoms with E-state index in [0.717, 1.165) is 20.8 Å². The van der Waals surface area contributed by atoms with Crippen molar-refractivity contribution in [1.29, 1.82) is 0 Å². The molecule has 170 valence electrons. The molecule has 3 rings (SSSR count). The first-order chi connectivity index (χ1) is 14.5. The summed E-state index contributed by atoms with van der Waals surface area (Å²) < 4.78 is 32.0. The zero-order valence-corrected chi connectivity index (χ0v) is 19.6. The van der Waals surface area contributed by atoms with Crippen LogP contribution in [0.1, 0.15) is 38.7 Å². The van der Waals surface area contributed by atoms with E-state index in [2.05, 4.69) is 0 Å². The number of carboxylic acids is 1. The number of ether oxygens (including phenoxy) is 1. The number of carbonyl (C=O) groups is 1. The predicted octanol–water partition coefficient (Wildman–Crippen LogP) is 3.89. The zero-order valence-electron chi connectivity index (χ0n) is 18.8. The number of nitrogens with zero attached hydrogens (tertiary/aromatic N) is 2. The molecule has 0 atom stereocenters. The molecule has 2 aliphatic rings. The molecule has 0 saturated carbocycles. The second-order valence-corrected chi connectivity index (χ2v) is 10.5. The fourth-order valence-corrected chi connectivity index (χ4v) is 4.50. The Hall–Kier alpha value is -2.58. The highest BCUT2D eigenvalue weighted by Gasteiger charge is 2.37. The van der Waals surface area contributed by atoms with Crippen LogP contribution in [0, 0.1) is 5.41 Å². The Morgan fingerprint density at radius 3 is 2.19 bits per heavy atom. The maximum absolute atomic E-state index is 12.4. The van der Waals surface area contributed by atoms with E-state index in [0.29, 0.717) is 17.7 Å². The number of rotatable bonds is 5. The summed E-state index contributed by atoms with van der Waals surface area (Å²) in [4.78, 5) is 11.9. The van der Waals surface area contributed by atoms with Crippen LogP contribution in [0.3, 0.4) is 0 Å². The van der Waals surface area contributed by atoms with Gasteiger partial charge in [0.05, 0.1) is 18.4 Å². The van der Waals surface area contributed by atoms with Gasteiger partial charge >= 0.3 is 16.2 Å². The van der Waals surface area contributed by atoms with Crippen molar-refractivity contribution in [3.63, 3.8) is 0 Å². The third-order valence-corrected chi connectivity index (χ3v) is 7.06. The summed E-state index contributed by atoms with van der Waals surface area (Å²) in [6.45, 7) is 4.78. The molecule has 1 aliphatic carbocycles. The molecule has 0 spiro atoms. The van der Waals surface area contributed by atoms with Crippen molar-refractivity contribution >= 4 is 21.8 Å². The molecular weight excluding hydrogens is 416 g/mol. The third-order valence-electron chi connectivity index (χ3n) is 5.21. The number of aliphatic carboxylic acids is 1. The van der Waals surface area contributed by atoms with Gasteiger partial charge < -0.3 is 9.84 Å². The van der Waals surface area contributed by atoms with E-state index < -0.39 is 21.6 Å². The molecule has 31 heavy (non-hydrogen) atoms. The van der Waals surface area contributed by atoms with Crippen LogP contribution in [0.15, 0.2) is 60.0 Å². The summed E-state index contributed by atoms with van der Waals surface area (Å²) in [5.74, 6) is -1.07. The Kier molecular flexibility index (Phi) is 8.08. The molecule has 7 nitrogen and oxygen atoms in total. The Balaban J connectivity index is 0.000000488.